The third kappa shape index (κ3) is 3.96. The molecular weight excluding hydrogens is 412 g/mol. The molecule has 3 rings (SSSR count). The maximum atomic E-state index is 14.0. The van der Waals surface area contributed by atoms with Crippen molar-refractivity contribution in [2.24, 2.45) is 0 Å². The molecule has 0 amide bonds. The molecule has 2 aromatic rings. The summed E-state index contributed by atoms with van der Waals surface area (Å²) in [5, 5.41) is 0. The average molecular weight is 431 g/mol. The minimum Gasteiger partial charge on any atom is -0.490 e. The van der Waals surface area contributed by atoms with Crippen LogP contribution in [0.15, 0.2) is 24.4 Å². The van der Waals surface area contributed by atoms with Crippen LogP contribution in [-0.2, 0) is 15.5 Å². The van der Waals surface area contributed by atoms with Crippen LogP contribution in [0, 0.1) is 11.6 Å². The molecule has 1 saturated heterocycles. The fourth-order valence-electron chi connectivity index (χ4n) is 2.76. The van der Waals surface area contributed by atoms with Gasteiger partial charge in [0, 0.05) is 5.46 Å². The van der Waals surface area contributed by atoms with Gasteiger partial charge in [0.15, 0.2) is 11.6 Å². The highest BCUT2D eigenvalue weighted by Gasteiger charge is 2.53. The predicted molar refractivity (Wildman–Crippen MR) is 97.9 cm³/mol. The Bertz CT molecular complexity index is 949. The van der Waals surface area contributed by atoms with E-state index in [2.05, 4.69) is 4.98 Å². The van der Waals surface area contributed by atoms with Gasteiger partial charge in [0.25, 0.3) is 0 Å². The molecule has 5 nitrogen and oxygen atoms in total. The SMILES string of the molecule is COc1c(Oc2cnc(C(F)(F)F)cc2B2OC(C)(C)C(C)(C)O2)ccc(F)c1F. The number of hydrogen-bond donors (Lipinski definition) is 0. The highest BCUT2D eigenvalue weighted by atomic mass is 19.4. The summed E-state index contributed by atoms with van der Waals surface area (Å²) in [5.74, 6) is -3.46. The molecule has 0 aliphatic carbocycles. The first-order chi connectivity index (χ1) is 13.8. The Kier molecular flexibility index (Phi) is 5.49. The van der Waals surface area contributed by atoms with Crippen LogP contribution in [0.4, 0.5) is 22.0 Å². The first-order valence-corrected chi connectivity index (χ1v) is 8.89. The standard InChI is InChI=1S/C19H19BF5NO4/c1-17(2)18(3,4)30-20(29-17)10-8-14(19(23,24)25)26-9-13(10)28-12-7-6-11(21)15(22)16(12)27-5/h6-9H,1-5H3. The van der Waals surface area contributed by atoms with Gasteiger partial charge in [-0.05, 0) is 45.9 Å². The summed E-state index contributed by atoms with van der Waals surface area (Å²) in [6.45, 7) is 6.94. The van der Waals surface area contributed by atoms with Crippen LogP contribution < -0.4 is 14.9 Å². The first kappa shape index (κ1) is 22.3. The van der Waals surface area contributed by atoms with E-state index < -0.39 is 47.6 Å². The molecular formula is C19H19BF5NO4. The molecule has 0 bridgehead atoms. The Morgan fingerprint density at radius 2 is 1.60 bits per heavy atom. The molecule has 1 fully saturated rings. The van der Waals surface area contributed by atoms with Crippen molar-refractivity contribution in [2.75, 3.05) is 7.11 Å². The van der Waals surface area contributed by atoms with Crippen LogP contribution >= 0.6 is 0 Å². The predicted octanol–water partition coefficient (Wildman–Crippen LogP) is 4.48. The Balaban J connectivity index is 2.09. The lowest BCUT2D eigenvalue weighted by atomic mass is 9.78. The second-order valence-electron chi connectivity index (χ2n) is 7.69. The number of nitrogens with zero attached hydrogens (tertiary/aromatic N) is 1. The molecule has 30 heavy (non-hydrogen) atoms. The van der Waals surface area contributed by atoms with Crippen molar-refractivity contribution in [1.29, 1.82) is 0 Å². The van der Waals surface area contributed by atoms with Crippen LogP contribution in [0.5, 0.6) is 17.2 Å². The first-order valence-electron chi connectivity index (χ1n) is 8.89. The second kappa shape index (κ2) is 7.38. The van der Waals surface area contributed by atoms with E-state index in [0.29, 0.717) is 0 Å². The molecule has 0 atom stereocenters. The van der Waals surface area contributed by atoms with Crippen LogP contribution in [-0.4, -0.2) is 30.4 Å². The van der Waals surface area contributed by atoms with Crippen molar-refractivity contribution in [3.63, 3.8) is 0 Å². The lowest BCUT2D eigenvalue weighted by Gasteiger charge is -2.32. The second-order valence-corrected chi connectivity index (χ2v) is 7.69. The number of methoxy groups -OCH3 is 1. The van der Waals surface area contributed by atoms with Gasteiger partial charge in [0.2, 0.25) is 11.6 Å². The van der Waals surface area contributed by atoms with Gasteiger partial charge in [-0.2, -0.15) is 17.6 Å². The van der Waals surface area contributed by atoms with E-state index in [4.69, 9.17) is 18.8 Å². The molecule has 0 spiro atoms. The summed E-state index contributed by atoms with van der Waals surface area (Å²) >= 11 is 0. The van der Waals surface area contributed by atoms with Gasteiger partial charge in [0.1, 0.15) is 11.4 Å². The van der Waals surface area contributed by atoms with Gasteiger partial charge >= 0.3 is 13.3 Å². The summed E-state index contributed by atoms with van der Waals surface area (Å²) in [4.78, 5) is 3.38. The molecule has 2 heterocycles. The van der Waals surface area contributed by atoms with Crippen LogP contribution in [0.25, 0.3) is 0 Å². The van der Waals surface area contributed by atoms with Gasteiger partial charge in [-0.1, -0.05) is 0 Å². The zero-order valence-electron chi connectivity index (χ0n) is 16.9. The lowest BCUT2D eigenvalue weighted by molar-refractivity contribution is -0.141. The third-order valence-electron chi connectivity index (χ3n) is 5.13. The zero-order valence-corrected chi connectivity index (χ0v) is 16.9. The number of alkyl halides is 3. The third-order valence-corrected chi connectivity index (χ3v) is 5.13. The van der Waals surface area contributed by atoms with Gasteiger partial charge < -0.3 is 18.8 Å². The van der Waals surface area contributed by atoms with Crippen LogP contribution in [0.2, 0.25) is 0 Å². The van der Waals surface area contributed by atoms with E-state index in [-0.39, 0.29) is 17.0 Å². The molecule has 0 saturated carbocycles. The zero-order chi connectivity index (χ0) is 22.5. The molecule has 1 aliphatic heterocycles. The summed E-state index contributed by atoms with van der Waals surface area (Å²) in [5.41, 5.74) is -2.97. The van der Waals surface area contributed by atoms with Gasteiger partial charge in [-0.25, -0.2) is 9.37 Å². The smallest absolute Gasteiger partial charge is 0.490 e. The Morgan fingerprint density at radius 3 is 2.13 bits per heavy atom. The number of halogens is 5. The highest BCUT2D eigenvalue weighted by Crippen LogP contribution is 2.39. The molecule has 0 radical (unpaired) electrons. The van der Waals surface area contributed by atoms with Gasteiger partial charge in [0.05, 0.1) is 24.5 Å². The molecule has 162 valence electrons. The van der Waals surface area contributed by atoms with E-state index in [1.807, 2.05) is 0 Å². The topological polar surface area (TPSA) is 49.8 Å². The molecule has 0 unspecified atom stereocenters. The van der Waals surface area contributed by atoms with Crippen LogP contribution in [0.1, 0.15) is 33.4 Å². The van der Waals surface area contributed by atoms with Gasteiger partial charge in [-0.3, -0.25) is 0 Å². The van der Waals surface area contributed by atoms with Crippen molar-refractivity contribution in [2.45, 2.75) is 45.1 Å². The number of aromatic nitrogens is 1. The van der Waals surface area contributed by atoms with E-state index in [9.17, 15) is 22.0 Å². The van der Waals surface area contributed by atoms with Crippen molar-refractivity contribution < 1.29 is 40.7 Å². The number of hydrogen-bond acceptors (Lipinski definition) is 5. The monoisotopic (exact) mass is 431 g/mol. The van der Waals surface area contributed by atoms with Crippen molar-refractivity contribution in [3.05, 3.63) is 41.7 Å². The molecule has 1 aliphatic rings. The molecule has 1 aromatic carbocycles. The Morgan fingerprint density at radius 1 is 1.00 bits per heavy atom. The normalized spacial score (nSPS) is 17.9. The maximum absolute atomic E-state index is 14.0. The van der Waals surface area contributed by atoms with Crippen molar-refractivity contribution in [3.8, 4) is 17.2 Å². The Hall–Kier alpha value is -2.40. The summed E-state index contributed by atoms with van der Waals surface area (Å²) < 4.78 is 89.2. The molecule has 11 heteroatoms. The fraction of sp³-hybridized carbons (Fsp3) is 0.421. The summed E-state index contributed by atoms with van der Waals surface area (Å²) in [6.07, 6.45) is -3.90. The van der Waals surface area contributed by atoms with E-state index in [0.717, 1.165) is 31.5 Å². The minimum atomic E-state index is -4.73. The summed E-state index contributed by atoms with van der Waals surface area (Å²) in [7, 11) is -0.115. The van der Waals surface area contributed by atoms with Gasteiger partial charge in [-0.15, -0.1) is 0 Å². The molecule has 1 aromatic heterocycles. The van der Waals surface area contributed by atoms with Crippen molar-refractivity contribution >= 4 is 12.6 Å². The van der Waals surface area contributed by atoms with Crippen molar-refractivity contribution in [1.82, 2.24) is 4.98 Å². The largest absolute Gasteiger partial charge is 0.498 e. The number of rotatable bonds is 4. The number of ether oxygens (including phenoxy) is 2. The highest BCUT2D eigenvalue weighted by molar-refractivity contribution is 6.63. The van der Waals surface area contributed by atoms with E-state index in [1.54, 1.807) is 27.7 Å². The lowest BCUT2D eigenvalue weighted by Crippen LogP contribution is -2.41. The quantitative estimate of drug-likeness (QED) is 0.528. The fourth-order valence-corrected chi connectivity index (χ4v) is 2.76. The Labute approximate surface area is 170 Å². The number of benzene rings is 1. The van der Waals surface area contributed by atoms with Crippen LogP contribution in [0.3, 0.4) is 0 Å². The summed E-state index contributed by atoms with van der Waals surface area (Å²) in [6, 6.07) is 2.63. The molecule has 0 N–H and O–H groups in total. The van der Waals surface area contributed by atoms with E-state index >= 15 is 0 Å². The van der Waals surface area contributed by atoms with E-state index in [1.165, 1.54) is 0 Å². The average Bonchev–Trinajstić information content (AvgIpc) is 2.85. The maximum Gasteiger partial charge on any atom is 0.498 e. The minimum absolute atomic E-state index is 0.109. The number of pyridine rings is 1.